The van der Waals surface area contributed by atoms with Crippen LogP contribution in [0.4, 0.5) is 0 Å². The van der Waals surface area contributed by atoms with Crippen molar-refractivity contribution in [3.8, 4) is 0 Å². The Balaban J connectivity index is 2.32. The van der Waals surface area contributed by atoms with E-state index >= 15 is 0 Å². The maximum absolute atomic E-state index is 2.42. The molecular formula is C8H13N2+. The van der Waals surface area contributed by atoms with E-state index in [1.165, 1.54) is 25.3 Å². The van der Waals surface area contributed by atoms with Gasteiger partial charge in [0.05, 0.1) is 20.1 Å². The molecule has 0 bridgehead atoms. The van der Waals surface area contributed by atoms with Crippen molar-refractivity contribution in [3.05, 3.63) is 12.2 Å². The van der Waals surface area contributed by atoms with Crippen LogP contribution in [-0.2, 0) is 0 Å². The lowest BCUT2D eigenvalue weighted by atomic mass is 10.3. The molecule has 2 aliphatic rings. The predicted octanol–water partition coefficient (Wildman–Crippen LogP) is 0.303. The lowest BCUT2D eigenvalue weighted by molar-refractivity contribution is -0.507. The molecule has 0 aliphatic carbocycles. The van der Waals surface area contributed by atoms with Crippen LogP contribution in [0.1, 0.15) is 6.42 Å². The van der Waals surface area contributed by atoms with Gasteiger partial charge in [-0.3, -0.25) is 9.48 Å². The molecule has 2 heteroatoms. The third-order valence-corrected chi connectivity index (χ3v) is 2.23. The predicted molar refractivity (Wildman–Crippen MR) is 41.4 cm³/mol. The maximum Gasteiger partial charge on any atom is 0.271 e. The highest BCUT2D eigenvalue weighted by atomic mass is 15.3. The maximum atomic E-state index is 2.42. The normalized spacial score (nSPS) is 23.9. The molecule has 0 amide bonds. The van der Waals surface area contributed by atoms with E-state index in [1.807, 2.05) is 0 Å². The molecule has 2 nitrogen and oxygen atoms in total. The Morgan fingerprint density at radius 3 is 3.30 bits per heavy atom. The van der Waals surface area contributed by atoms with Gasteiger partial charge in [0.25, 0.3) is 5.84 Å². The minimum Gasteiger partial charge on any atom is -0.265 e. The molecule has 0 aromatic rings. The largest absolute Gasteiger partial charge is 0.271 e. The van der Waals surface area contributed by atoms with Gasteiger partial charge in [0, 0.05) is 12.5 Å². The molecule has 2 heterocycles. The number of amidine groups is 1. The Morgan fingerprint density at radius 2 is 2.50 bits per heavy atom. The second-order valence-electron chi connectivity index (χ2n) is 2.98. The summed E-state index contributed by atoms with van der Waals surface area (Å²) in [5.74, 6) is 1.41. The molecule has 0 radical (unpaired) electrons. The molecule has 2 rings (SSSR count). The summed E-state index contributed by atoms with van der Waals surface area (Å²) in [5, 5.41) is 0. The third-order valence-electron chi connectivity index (χ3n) is 2.23. The van der Waals surface area contributed by atoms with E-state index in [2.05, 4.69) is 28.7 Å². The summed E-state index contributed by atoms with van der Waals surface area (Å²) in [6.45, 7) is 3.59. The Labute approximate surface area is 61.5 Å². The van der Waals surface area contributed by atoms with Crippen molar-refractivity contribution in [2.24, 2.45) is 0 Å². The van der Waals surface area contributed by atoms with Gasteiger partial charge in [0.1, 0.15) is 6.54 Å². The van der Waals surface area contributed by atoms with Gasteiger partial charge in [-0.2, -0.15) is 0 Å². The van der Waals surface area contributed by atoms with Crippen molar-refractivity contribution in [2.45, 2.75) is 6.42 Å². The number of nitrogens with zero attached hydrogens (tertiary/aromatic N) is 2. The van der Waals surface area contributed by atoms with Crippen molar-refractivity contribution in [1.29, 1.82) is 0 Å². The molecule has 0 saturated carbocycles. The number of hydrogen-bond donors (Lipinski definition) is 0. The zero-order valence-corrected chi connectivity index (χ0v) is 6.38. The van der Waals surface area contributed by atoms with Crippen LogP contribution in [0, 0.1) is 0 Å². The first-order valence-electron chi connectivity index (χ1n) is 3.87. The van der Waals surface area contributed by atoms with E-state index in [0.717, 1.165) is 6.54 Å². The first-order chi connectivity index (χ1) is 4.88. The van der Waals surface area contributed by atoms with E-state index in [4.69, 9.17) is 0 Å². The molecule has 0 saturated heterocycles. The summed E-state index contributed by atoms with van der Waals surface area (Å²) in [7, 11) is 2.16. The summed E-state index contributed by atoms with van der Waals surface area (Å²) in [4.78, 5) is 2.42. The molecule has 0 aromatic carbocycles. The van der Waals surface area contributed by atoms with Gasteiger partial charge >= 0.3 is 0 Å². The Bertz CT molecular complexity index is 203. The molecule has 0 atom stereocenters. The second-order valence-corrected chi connectivity index (χ2v) is 2.98. The molecule has 2 aliphatic heterocycles. The van der Waals surface area contributed by atoms with Crippen molar-refractivity contribution in [3.63, 3.8) is 0 Å². The Kier molecular flexibility index (Phi) is 1.26. The molecule has 0 N–H and O–H groups in total. The first kappa shape index (κ1) is 5.96. The molecule has 0 spiro atoms. The fraction of sp³-hybridized carbons (Fsp3) is 0.625. The number of fused-ring (bicyclic) bond motifs is 1. The fourth-order valence-electron chi connectivity index (χ4n) is 1.67. The summed E-state index contributed by atoms with van der Waals surface area (Å²) in [6, 6.07) is 0. The highest BCUT2D eigenvalue weighted by molar-refractivity contribution is 5.91. The average molecular weight is 137 g/mol. The zero-order valence-electron chi connectivity index (χ0n) is 6.38. The van der Waals surface area contributed by atoms with Crippen molar-refractivity contribution in [2.75, 3.05) is 26.7 Å². The topological polar surface area (TPSA) is 6.25 Å². The van der Waals surface area contributed by atoms with E-state index in [9.17, 15) is 0 Å². The zero-order chi connectivity index (χ0) is 6.97. The van der Waals surface area contributed by atoms with Gasteiger partial charge < -0.3 is 0 Å². The van der Waals surface area contributed by atoms with E-state index in [0.29, 0.717) is 0 Å². The van der Waals surface area contributed by atoms with Crippen molar-refractivity contribution in [1.82, 2.24) is 4.90 Å². The third kappa shape index (κ3) is 0.753. The van der Waals surface area contributed by atoms with Crippen LogP contribution in [0.15, 0.2) is 12.2 Å². The van der Waals surface area contributed by atoms with Crippen LogP contribution in [0.25, 0.3) is 0 Å². The minimum absolute atomic E-state index is 1.12. The standard InChI is InChI=1S/C8H13N2/c1-9-5-3-7-10-6-2-4-8(9)10/h2,4H,3,5-7H2,1H3/q+1. The quantitative estimate of drug-likeness (QED) is 0.435. The van der Waals surface area contributed by atoms with E-state index in [-0.39, 0.29) is 0 Å². The number of hydrogen-bond acceptors (Lipinski definition) is 1. The monoisotopic (exact) mass is 137 g/mol. The minimum atomic E-state index is 1.12. The van der Waals surface area contributed by atoms with Gasteiger partial charge in [0.2, 0.25) is 0 Å². The summed E-state index contributed by atoms with van der Waals surface area (Å²) >= 11 is 0. The van der Waals surface area contributed by atoms with Gasteiger partial charge in [-0.05, 0) is 6.08 Å². The molecule has 0 fully saturated rings. The van der Waals surface area contributed by atoms with Crippen molar-refractivity contribution < 1.29 is 4.58 Å². The van der Waals surface area contributed by atoms with Crippen LogP contribution >= 0.6 is 0 Å². The Morgan fingerprint density at radius 1 is 1.60 bits per heavy atom. The van der Waals surface area contributed by atoms with Crippen molar-refractivity contribution >= 4 is 5.84 Å². The highest BCUT2D eigenvalue weighted by Gasteiger charge is 2.25. The van der Waals surface area contributed by atoms with Gasteiger partial charge in [-0.25, -0.2) is 0 Å². The van der Waals surface area contributed by atoms with Gasteiger partial charge in [-0.1, -0.05) is 0 Å². The summed E-state index contributed by atoms with van der Waals surface area (Å²) < 4.78 is 2.33. The summed E-state index contributed by atoms with van der Waals surface area (Å²) in [6.07, 6.45) is 5.76. The molecule has 0 aromatic heterocycles. The van der Waals surface area contributed by atoms with Crippen LogP contribution < -0.4 is 0 Å². The lowest BCUT2D eigenvalue weighted by Crippen LogP contribution is -2.39. The van der Waals surface area contributed by atoms with E-state index < -0.39 is 0 Å². The first-order valence-corrected chi connectivity index (χ1v) is 3.87. The number of rotatable bonds is 0. The van der Waals surface area contributed by atoms with Crippen LogP contribution in [0.2, 0.25) is 0 Å². The van der Waals surface area contributed by atoms with Gasteiger partial charge in [-0.15, -0.1) is 0 Å². The molecule has 0 unspecified atom stereocenters. The van der Waals surface area contributed by atoms with Gasteiger partial charge in [0.15, 0.2) is 0 Å². The molecule has 54 valence electrons. The van der Waals surface area contributed by atoms with Crippen LogP contribution in [0.5, 0.6) is 0 Å². The highest BCUT2D eigenvalue weighted by Crippen LogP contribution is 2.07. The Hall–Kier alpha value is -0.790. The van der Waals surface area contributed by atoms with Crippen LogP contribution in [-0.4, -0.2) is 42.0 Å². The molecular weight excluding hydrogens is 124 g/mol. The SMILES string of the molecule is C[N+]1=C2C=CCN2CCC1. The fourth-order valence-corrected chi connectivity index (χ4v) is 1.67. The summed E-state index contributed by atoms with van der Waals surface area (Å²) in [5.41, 5.74) is 0. The van der Waals surface area contributed by atoms with Crippen LogP contribution in [0.3, 0.4) is 0 Å². The second kappa shape index (κ2) is 2.11. The average Bonchev–Trinajstić information content (AvgIpc) is 2.36. The molecule has 10 heavy (non-hydrogen) atoms. The lowest BCUT2D eigenvalue weighted by Gasteiger charge is -2.19. The smallest absolute Gasteiger partial charge is 0.265 e. The van der Waals surface area contributed by atoms with E-state index in [1.54, 1.807) is 0 Å².